The summed E-state index contributed by atoms with van der Waals surface area (Å²) in [5.74, 6) is 0.0412. The Morgan fingerprint density at radius 1 is 0.967 bits per heavy atom. The number of hydrogen-bond donors (Lipinski definition) is 1. The van der Waals surface area contributed by atoms with Crippen molar-refractivity contribution < 1.29 is 9.59 Å². The number of fused-ring (bicyclic) bond motifs is 1. The average Bonchev–Trinajstić information content (AvgIpc) is 3.16. The van der Waals surface area contributed by atoms with Crippen LogP contribution >= 0.6 is 0 Å². The van der Waals surface area contributed by atoms with E-state index in [1.54, 1.807) is 19.0 Å². The number of aromatic nitrogens is 1. The first-order valence-corrected chi connectivity index (χ1v) is 10.2. The smallest absolute Gasteiger partial charge is 0.321 e. The van der Waals surface area contributed by atoms with E-state index in [-0.39, 0.29) is 11.9 Å². The highest BCUT2D eigenvalue weighted by Gasteiger charge is 2.21. The van der Waals surface area contributed by atoms with Gasteiger partial charge in [0.25, 0.3) is 0 Å². The molecule has 156 valence electrons. The summed E-state index contributed by atoms with van der Waals surface area (Å²) in [7, 11) is 3.50. The highest BCUT2D eigenvalue weighted by atomic mass is 16.2. The van der Waals surface area contributed by atoms with Crippen molar-refractivity contribution in [2.24, 2.45) is 0 Å². The number of hydrogen-bond acceptors (Lipinski definition) is 3. The Balaban J connectivity index is 1.37. The molecule has 0 radical (unpaired) electrons. The van der Waals surface area contributed by atoms with Gasteiger partial charge in [-0.25, -0.2) is 4.79 Å². The Hall–Kier alpha value is -3.48. The number of nitrogens with zero attached hydrogens (tertiary/aromatic N) is 4. The van der Waals surface area contributed by atoms with E-state index in [1.165, 1.54) is 5.69 Å². The molecule has 3 aromatic rings. The maximum Gasteiger partial charge on any atom is 0.321 e. The SMILES string of the molecule is CN(C)C(=O)Cn1ccc2cc(NC(=O)N3CCN(c4ccccc4)CC3)ccc21. The third kappa shape index (κ3) is 4.25. The minimum atomic E-state index is -0.0794. The van der Waals surface area contributed by atoms with E-state index >= 15 is 0 Å². The molecule has 0 bridgehead atoms. The van der Waals surface area contributed by atoms with Gasteiger partial charge in [-0.1, -0.05) is 18.2 Å². The molecule has 0 aliphatic carbocycles. The number of likely N-dealkylation sites (N-methyl/N-ethyl adjacent to an activating group) is 1. The average molecular weight is 406 g/mol. The van der Waals surface area contributed by atoms with Crippen molar-refractivity contribution in [1.82, 2.24) is 14.4 Å². The van der Waals surface area contributed by atoms with Gasteiger partial charge in [-0.05, 0) is 36.4 Å². The van der Waals surface area contributed by atoms with Gasteiger partial charge in [-0.3, -0.25) is 4.79 Å². The van der Waals surface area contributed by atoms with Gasteiger partial charge in [0.15, 0.2) is 0 Å². The van der Waals surface area contributed by atoms with E-state index in [0.29, 0.717) is 19.6 Å². The Morgan fingerprint density at radius 3 is 2.40 bits per heavy atom. The van der Waals surface area contributed by atoms with Crippen molar-refractivity contribution in [3.8, 4) is 0 Å². The first-order chi connectivity index (χ1) is 14.5. The number of carbonyl (C=O) groups is 2. The van der Waals surface area contributed by atoms with Gasteiger partial charge < -0.3 is 24.6 Å². The monoisotopic (exact) mass is 405 g/mol. The molecule has 0 atom stereocenters. The van der Waals surface area contributed by atoms with Gasteiger partial charge in [0.05, 0.1) is 0 Å². The molecule has 1 aromatic heterocycles. The van der Waals surface area contributed by atoms with E-state index in [2.05, 4.69) is 22.3 Å². The van der Waals surface area contributed by atoms with Crippen LogP contribution in [0.3, 0.4) is 0 Å². The van der Waals surface area contributed by atoms with Crippen molar-refractivity contribution in [2.75, 3.05) is 50.5 Å². The van der Waals surface area contributed by atoms with Crippen molar-refractivity contribution in [2.45, 2.75) is 6.54 Å². The summed E-state index contributed by atoms with van der Waals surface area (Å²) in [6.45, 7) is 3.31. The van der Waals surface area contributed by atoms with Crippen LogP contribution in [0.4, 0.5) is 16.2 Å². The highest BCUT2D eigenvalue weighted by molar-refractivity contribution is 5.93. The molecule has 30 heavy (non-hydrogen) atoms. The molecule has 2 aromatic carbocycles. The lowest BCUT2D eigenvalue weighted by Gasteiger charge is -2.36. The van der Waals surface area contributed by atoms with Crippen LogP contribution in [0.1, 0.15) is 0 Å². The molecule has 1 saturated heterocycles. The third-order valence-electron chi connectivity index (χ3n) is 5.51. The largest absolute Gasteiger partial charge is 0.368 e. The predicted octanol–water partition coefficient (Wildman–Crippen LogP) is 3.08. The maximum absolute atomic E-state index is 12.7. The maximum atomic E-state index is 12.7. The van der Waals surface area contributed by atoms with Gasteiger partial charge in [0.2, 0.25) is 5.91 Å². The zero-order valence-electron chi connectivity index (χ0n) is 17.4. The van der Waals surface area contributed by atoms with Crippen LogP contribution in [0, 0.1) is 0 Å². The number of piperazine rings is 1. The molecule has 2 heterocycles. The van der Waals surface area contributed by atoms with Crippen LogP contribution in [-0.2, 0) is 11.3 Å². The summed E-state index contributed by atoms with van der Waals surface area (Å²) < 4.78 is 1.92. The van der Waals surface area contributed by atoms with Crippen LogP contribution in [0.15, 0.2) is 60.8 Å². The first-order valence-electron chi connectivity index (χ1n) is 10.2. The summed E-state index contributed by atoms with van der Waals surface area (Å²) in [5, 5.41) is 4.00. The van der Waals surface area contributed by atoms with Crippen LogP contribution in [0.2, 0.25) is 0 Å². The van der Waals surface area contributed by atoms with E-state index in [0.717, 1.165) is 29.7 Å². The van der Waals surface area contributed by atoms with Gasteiger partial charge in [-0.15, -0.1) is 0 Å². The fourth-order valence-electron chi connectivity index (χ4n) is 3.71. The molecule has 1 fully saturated rings. The van der Waals surface area contributed by atoms with E-state index in [1.807, 2.05) is 58.1 Å². The van der Waals surface area contributed by atoms with E-state index < -0.39 is 0 Å². The molecule has 3 amide bonds. The van der Waals surface area contributed by atoms with Crippen molar-refractivity contribution in [3.05, 3.63) is 60.8 Å². The molecule has 0 saturated carbocycles. The number of amides is 3. The van der Waals surface area contributed by atoms with Crippen molar-refractivity contribution >= 4 is 34.2 Å². The number of carbonyl (C=O) groups excluding carboxylic acids is 2. The molecule has 1 N–H and O–H groups in total. The summed E-state index contributed by atoms with van der Waals surface area (Å²) in [6, 6.07) is 18.0. The molecular weight excluding hydrogens is 378 g/mol. The second kappa shape index (κ2) is 8.49. The normalized spacial score (nSPS) is 14.1. The molecule has 4 rings (SSSR count). The fraction of sp³-hybridized carbons (Fsp3) is 0.304. The lowest BCUT2D eigenvalue weighted by molar-refractivity contribution is -0.129. The Morgan fingerprint density at radius 2 is 1.70 bits per heavy atom. The number of anilines is 2. The second-order valence-electron chi connectivity index (χ2n) is 7.75. The zero-order chi connectivity index (χ0) is 21.1. The highest BCUT2D eigenvalue weighted by Crippen LogP contribution is 2.22. The zero-order valence-corrected chi connectivity index (χ0v) is 17.4. The number of para-hydroxylation sites is 1. The lowest BCUT2D eigenvalue weighted by Crippen LogP contribution is -2.50. The molecule has 7 nitrogen and oxygen atoms in total. The van der Waals surface area contributed by atoms with Gasteiger partial charge in [0.1, 0.15) is 6.54 Å². The second-order valence-corrected chi connectivity index (χ2v) is 7.75. The number of urea groups is 1. The van der Waals surface area contributed by atoms with Gasteiger partial charge >= 0.3 is 6.03 Å². The molecule has 0 spiro atoms. The van der Waals surface area contributed by atoms with Crippen molar-refractivity contribution in [3.63, 3.8) is 0 Å². The van der Waals surface area contributed by atoms with Crippen LogP contribution in [-0.4, -0.2) is 66.6 Å². The van der Waals surface area contributed by atoms with Crippen LogP contribution in [0.25, 0.3) is 10.9 Å². The summed E-state index contributed by atoms with van der Waals surface area (Å²) in [6.07, 6.45) is 1.90. The topological polar surface area (TPSA) is 60.8 Å². The Kier molecular flexibility index (Phi) is 5.61. The minimum Gasteiger partial charge on any atom is -0.368 e. The summed E-state index contributed by atoms with van der Waals surface area (Å²) in [5.41, 5.74) is 2.93. The molecule has 7 heteroatoms. The van der Waals surface area contributed by atoms with Crippen LogP contribution < -0.4 is 10.2 Å². The summed E-state index contributed by atoms with van der Waals surface area (Å²) in [4.78, 5) is 30.4. The Labute approximate surface area is 176 Å². The minimum absolute atomic E-state index is 0.0412. The number of benzene rings is 2. The van der Waals surface area contributed by atoms with Crippen LogP contribution in [0.5, 0.6) is 0 Å². The predicted molar refractivity (Wildman–Crippen MR) is 120 cm³/mol. The summed E-state index contributed by atoms with van der Waals surface area (Å²) >= 11 is 0. The van der Waals surface area contributed by atoms with Gasteiger partial charge in [-0.2, -0.15) is 0 Å². The fourth-order valence-corrected chi connectivity index (χ4v) is 3.71. The lowest BCUT2D eigenvalue weighted by atomic mass is 10.2. The van der Waals surface area contributed by atoms with Crippen molar-refractivity contribution in [1.29, 1.82) is 0 Å². The molecule has 1 aliphatic rings. The third-order valence-corrected chi connectivity index (χ3v) is 5.51. The Bertz CT molecular complexity index is 1040. The quantitative estimate of drug-likeness (QED) is 0.726. The molecule has 1 aliphatic heterocycles. The standard InChI is InChI=1S/C23H27N5O2/c1-25(2)22(29)17-28-11-10-18-16-19(8-9-21(18)28)24-23(30)27-14-12-26(13-15-27)20-6-4-3-5-7-20/h3-11,16H,12-15,17H2,1-2H3,(H,24,30). The molecule has 0 unspecified atom stereocenters. The molecular formula is C23H27N5O2. The number of rotatable bonds is 4. The first kappa shape index (κ1) is 19.8. The van der Waals surface area contributed by atoms with E-state index in [4.69, 9.17) is 0 Å². The van der Waals surface area contributed by atoms with Gasteiger partial charge in [0, 0.05) is 68.7 Å². The number of nitrogens with one attached hydrogen (secondary N) is 1. The van der Waals surface area contributed by atoms with E-state index in [9.17, 15) is 9.59 Å².